The number of rotatable bonds is 5. The molecule has 0 radical (unpaired) electrons. The van der Waals surface area contributed by atoms with Crippen LogP contribution in [-0.4, -0.2) is 62.8 Å². The van der Waals surface area contributed by atoms with Crippen LogP contribution in [0.2, 0.25) is 0 Å². The van der Waals surface area contributed by atoms with E-state index in [1.807, 2.05) is 0 Å². The molecule has 0 spiro atoms. The van der Waals surface area contributed by atoms with E-state index in [9.17, 15) is 4.79 Å². The van der Waals surface area contributed by atoms with Crippen molar-refractivity contribution in [1.29, 1.82) is 0 Å². The maximum Gasteiger partial charge on any atom is 0.151 e. The molecule has 0 aromatic rings. The van der Waals surface area contributed by atoms with Crippen molar-refractivity contribution in [2.75, 3.05) is 6.61 Å². The maximum absolute atomic E-state index is 9.90. The van der Waals surface area contributed by atoms with Gasteiger partial charge >= 0.3 is 0 Å². The minimum atomic E-state index is -1.79. The third-order valence-corrected chi connectivity index (χ3v) is 1.42. The molecule has 5 N–H and O–H groups in total. The first-order chi connectivity index (χ1) is 5.54. The first-order valence-electron chi connectivity index (χ1n) is 3.33. The summed E-state index contributed by atoms with van der Waals surface area (Å²) in [4.78, 5) is 9.90. The lowest BCUT2D eigenvalue weighted by Crippen LogP contribution is -2.46. The molecule has 6 heteroatoms. The highest BCUT2D eigenvalue weighted by atomic mass is 16.4. The Hall–Kier alpha value is -0.530. The van der Waals surface area contributed by atoms with Crippen LogP contribution in [0.5, 0.6) is 0 Å². The summed E-state index contributed by atoms with van der Waals surface area (Å²) in [5.41, 5.74) is 0. The van der Waals surface area contributed by atoms with Crippen LogP contribution >= 0.6 is 0 Å². The van der Waals surface area contributed by atoms with Crippen molar-refractivity contribution in [2.24, 2.45) is 0 Å². The van der Waals surface area contributed by atoms with Crippen molar-refractivity contribution in [3.8, 4) is 0 Å². The van der Waals surface area contributed by atoms with Gasteiger partial charge in [-0.2, -0.15) is 0 Å². The summed E-state index contributed by atoms with van der Waals surface area (Å²) in [6.45, 7) is -0.760. The molecule has 72 valence electrons. The van der Waals surface area contributed by atoms with Crippen molar-refractivity contribution >= 4 is 6.29 Å². The normalized spacial score (nSPS) is 21.1. The molecule has 6 nitrogen and oxygen atoms in total. The van der Waals surface area contributed by atoms with E-state index in [0.29, 0.717) is 0 Å². The molecule has 0 aliphatic rings. The van der Waals surface area contributed by atoms with Crippen molar-refractivity contribution in [1.82, 2.24) is 0 Å². The average molecular weight is 182 g/mol. The van der Waals surface area contributed by atoms with Crippen LogP contribution < -0.4 is 0 Å². The number of aliphatic hydroxyl groups excluding tert-OH is 5. The Morgan fingerprint density at radius 2 is 1.58 bits per heavy atom. The fourth-order valence-electron chi connectivity index (χ4n) is 0.618. The SMILES string of the molecule is O=[13CH][13C@H](O)[C@@H](O)[C@H](O)[C@H](O)CO. The van der Waals surface area contributed by atoms with Crippen molar-refractivity contribution in [3.63, 3.8) is 0 Å². The Bertz CT molecular complexity index is 138. The molecule has 12 heavy (non-hydrogen) atoms. The quantitative estimate of drug-likeness (QED) is 0.223. The van der Waals surface area contributed by atoms with Crippen molar-refractivity contribution in [2.45, 2.75) is 24.4 Å². The summed E-state index contributed by atoms with van der Waals surface area (Å²) >= 11 is 0. The second kappa shape index (κ2) is 5.18. The van der Waals surface area contributed by atoms with Crippen LogP contribution in [-0.2, 0) is 4.79 Å². The predicted octanol–water partition coefficient (Wildman–Crippen LogP) is -3.38. The molecule has 4 atom stereocenters. The van der Waals surface area contributed by atoms with Gasteiger partial charge in [0.1, 0.15) is 24.4 Å². The van der Waals surface area contributed by atoms with Gasteiger partial charge in [0.15, 0.2) is 6.29 Å². The number of carbonyl (C=O) groups is 1. The fourth-order valence-corrected chi connectivity index (χ4v) is 0.618. The highest BCUT2D eigenvalue weighted by Crippen LogP contribution is 2.02. The second-order valence-corrected chi connectivity index (χ2v) is 2.36. The first kappa shape index (κ1) is 11.5. The van der Waals surface area contributed by atoms with Crippen LogP contribution in [0.25, 0.3) is 0 Å². The van der Waals surface area contributed by atoms with Gasteiger partial charge in [-0.15, -0.1) is 0 Å². The Balaban J connectivity index is 4.07. The first-order valence-corrected chi connectivity index (χ1v) is 3.33. The van der Waals surface area contributed by atoms with Crippen molar-refractivity contribution < 1.29 is 30.3 Å². The van der Waals surface area contributed by atoms with E-state index in [4.69, 9.17) is 25.5 Å². The molecule has 0 unspecified atom stereocenters. The lowest BCUT2D eigenvalue weighted by atomic mass is 10.1. The van der Waals surface area contributed by atoms with Crippen LogP contribution in [0, 0.1) is 0 Å². The van der Waals surface area contributed by atoms with Crippen LogP contribution in [0.4, 0.5) is 0 Å². The van der Waals surface area contributed by atoms with Gasteiger partial charge in [-0.05, 0) is 0 Å². The molecular formula is C6H12O6. The Morgan fingerprint density at radius 1 is 1.08 bits per heavy atom. The zero-order valence-corrected chi connectivity index (χ0v) is 6.24. The summed E-state index contributed by atoms with van der Waals surface area (Å²) < 4.78 is 0. The van der Waals surface area contributed by atoms with Gasteiger partial charge in [-0.1, -0.05) is 0 Å². The molecule has 0 aliphatic heterocycles. The molecule has 0 aromatic carbocycles. The molecule has 0 saturated carbocycles. The van der Waals surface area contributed by atoms with E-state index in [-0.39, 0.29) is 6.29 Å². The van der Waals surface area contributed by atoms with E-state index < -0.39 is 31.0 Å². The lowest BCUT2D eigenvalue weighted by Gasteiger charge is -2.22. The Kier molecular flexibility index (Phi) is 4.95. The smallest absolute Gasteiger partial charge is 0.151 e. The zero-order chi connectivity index (χ0) is 9.72. The van der Waals surface area contributed by atoms with E-state index >= 15 is 0 Å². The van der Waals surface area contributed by atoms with Gasteiger partial charge in [0, 0.05) is 0 Å². The minimum Gasteiger partial charge on any atom is -0.394 e. The summed E-state index contributed by atoms with van der Waals surface area (Å²) in [7, 11) is 0. The summed E-state index contributed by atoms with van der Waals surface area (Å²) in [5, 5.41) is 43.5. The number of carbonyl (C=O) groups excluding carboxylic acids is 1. The van der Waals surface area contributed by atoms with Gasteiger partial charge in [-0.25, -0.2) is 0 Å². The molecule has 0 amide bonds. The van der Waals surface area contributed by atoms with Gasteiger partial charge in [0.05, 0.1) is 6.61 Å². The van der Waals surface area contributed by atoms with Crippen molar-refractivity contribution in [3.05, 3.63) is 0 Å². The average Bonchev–Trinajstić information content (AvgIpc) is 2.12. The Morgan fingerprint density at radius 3 is 1.92 bits per heavy atom. The maximum atomic E-state index is 9.90. The van der Waals surface area contributed by atoms with E-state index in [1.165, 1.54) is 0 Å². The summed E-state index contributed by atoms with van der Waals surface area (Å²) in [6.07, 6.45) is -6.84. The molecule has 0 bridgehead atoms. The van der Waals surface area contributed by atoms with Crippen LogP contribution in [0.3, 0.4) is 0 Å². The number of hydrogen-bond donors (Lipinski definition) is 5. The Labute approximate surface area is 68.7 Å². The second-order valence-electron chi connectivity index (χ2n) is 2.36. The highest BCUT2D eigenvalue weighted by molar-refractivity contribution is 5.56. The fraction of sp³-hybridized carbons (Fsp3) is 0.833. The van der Waals surface area contributed by atoms with Gasteiger partial charge in [0.25, 0.3) is 0 Å². The summed E-state index contributed by atoms with van der Waals surface area (Å²) in [6, 6.07) is 0. The number of hydrogen-bond acceptors (Lipinski definition) is 6. The van der Waals surface area contributed by atoms with Gasteiger partial charge in [-0.3, -0.25) is 0 Å². The topological polar surface area (TPSA) is 118 Å². The third-order valence-electron chi connectivity index (χ3n) is 1.42. The molecule has 0 saturated heterocycles. The predicted molar refractivity (Wildman–Crippen MR) is 37.2 cm³/mol. The van der Waals surface area contributed by atoms with Crippen LogP contribution in [0.15, 0.2) is 0 Å². The third kappa shape index (κ3) is 2.84. The molecule has 0 fully saturated rings. The molecule has 0 aromatic heterocycles. The summed E-state index contributed by atoms with van der Waals surface area (Å²) in [5.74, 6) is 0. The monoisotopic (exact) mass is 182 g/mol. The number of aldehydes is 1. The van der Waals surface area contributed by atoms with Gasteiger partial charge in [0.2, 0.25) is 0 Å². The molecule has 0 heterocycles. The number of aliphatic hydroxyl groups is 5. The molecule has 0 rings (SSSR count). The van der Waals surface area contributed by atoms with Crippen LogP contribution in [0.1, 0.15) is 0 Å². The zero-order valence-electron chi connectivity index (χ0n) is 6.24. The molecular weight excluding hydrogens is 170 g/mol. The highest BCUT2D eigenvalue weighted by Gasteiger charge is 2.29. The van der Waals surface area contributed by atoms with E-state index in [2.05, 4.69) is 0 Å². The molecule has 0 aliphatic carbocycles. The largest absolute Gasteiger partial charge is 0.394 e. The van der Waals surface area contributed by atoms with Gasteiger partial charge < -0.3 is 30.3 Å². The lowest BCUT2D eigenvalue weighted by molar-refractivity contribution is -0.136. The standard InChI is InChI=1S/C6H12O6/c7-1-3(9)5(11)6(12)4(10)2-8/h1,3-6,8-12H,2H2/t3-,4+,5+,6+/m0/s1/i1+1,3+1. The van der Waals surface area contributed by atoms with E-state index in [0.717, 1.165) is 0 Å². The minimum absolute atomic E-state index is 0.0258. The van der Waals surface area contributed by atoms with E-state index in [1.54, 1.807) is 0 Å².